The lowest BCUT2D eigenvalue weighted by Gasteiger charge is -2.22. The van der Waals surface area contributed by atoms with Gasteiger partial charge in [-0.15, -0.1) is 0 Å². The van der Waals surface area contributed by atoms with Gasteiger partial charge in [-0.1, -0.05) is 26.0 Å². The van der Waals surface area contributed by atoms with Gasteiger partial charge in [-0.3, -0.25) is 4.79 Å². The number of para-hydroxylation sites is 1. The molecule has 0 aliphatic heterocycles. The van der Waals surface area contributed by atoms with Crippen molar-refractivity contribution in [1.82, 2.24) is 0 Å². The zero-order valence-electron chi connectivity index (χ0n) is 10.5. The van der Waals surface area contributed by atoms with Crippen LogP contribution in [0, 0.1) is 28.1 Å². The number of hydrogen-bond acceptors (Lipinski definition) is 3. The van der Waals surface area contributed by atoms with E-state index in [1.54, 1.807) is 24.3 Å². The van der Waals surface area contributed by atoms with E-state index in [1.807, 2.05) is 19.9 Å². The number of carbonyl (C=O) groups is 1. The fourth-order valence-corrected chi connectivity index (χ4v) is 1.71. The second-order valence-corrected chi connectivity index (χ2v) is 4.01. The maximum Gasteiger partial charge on any atom is 0.244 e. The summed E-state index contributed by atoms with van der Waals surface area (Å²) in [4.78, 5) is 12.2. The summed E-state index contributed by atoms with van der Waals surface area (Å²) < 4.78 is 0. The van der Waals surface area contributed by atoms with E-state index >= 15 is 0 Å². The van der Waals surface area contributed by atoms with E-state index in [4.69, 9.17) is 5.26 Å². The minimum absolute atomic E-state index is 0.349. The molecule has 0 aliphatic carbocycles. The minimum atomic E-state index is -1.03. The molecule has 0 aliphatic rings. The van der Waals surface area contributed by atoms with Crippen molar-refractivity contribution in [3.8, 4) is 12.1 Å². The predicted molar refractivity (Wildman–Crippen MR) is 68.4 cm³/mol. The zero-order chi connectivity index (χ0) is 13.6. The average Bonchev–Trinajstić information content (AvgIpc) is 2.42. The molecule has 4 heteroatoms. The molecule has 0 heterocycles. The van der Waals surface area contributed by atoms with Crippen LogP contribution in [0.4, 0.5) is 5.69 Å². The number of amides is 1. The molecule has 1 amide bonds. The molecular formula is C14H15N3O. The highest BCUT2D eigenvalue weighted by Crippen LogP contribution is 2.27. The Labute approximate surface area is 107 Å². The number of carbonyl (C=O) groups excluding carboxylic acids is 1. The lowest BCUT2D eigenvalue weighted by molar-refractivity contribution is -0.123. The van der Waals surface area contributed by atoms with Crippen molar-refractivity contribution in [3.63, 3.8) is 0 Å². The van der Waals surface area contributed by atoms with E-state index in [2.05, 4.69) is 11.4 Å². The highest BCUT2D eigenvalue weighted by atomic mass is 16.2. The lowest BCUT2D eigenvalue weighted by atomic mass is 9.83. The minimum Gasteiger partial charge on any atom is -0.324 e. The van der Waals surface area contributed by atoms with Crippen LogP contribution in [0.1, 0.15) is 32.3 Å². The highest BCUT2D eigenvalue weighted by molar-refractivity contribution is 5.98. The van der Waals surface area contributed by atoms with E-state index in [1.165, 1.54) is 0 Å². The Hall–Kier alpha value is -2.33. The van der Waals surface area contributed by atoms with Crippen LogP contribution < -0.4 is 5.32 Å². The van der Waals surface area contributed by atoms with Crippen LogP contribution in [0.3, 0.4) is 0 Å². The molecule has 0 spiro atoms. The molecule has 0 atom stereocenters. The average molecular weight is 241 g/mol. The van der Waals surface area contributed by atoms with Crippen molar-refractivity contribution >= 4 is 11.6 Å². The molecule has 0 saturated carbocycles. The van der Waals surface area contributed by atoms with Gasteiger partial charge in [-0.2, -0.15) is 10.5 Å². The third kappa shape index (κ3) is 2.49. The van der Waals surface area contributed by atoms with Gasteiger partial charge in [0.2, 0.25) is 5.91 Å². The fourth-order valence-electron chi connectivity index (χ4n) is 1.71. The van der Waals surface area contributed by atoms with Gasteiger partial charge in [0.1, 0.15) is 11.5 Å². The van der Waals surface area contributed by atoms with Crippen LogP contribution in [0.15, 0.2) is 24.3 Å². The SMILES string of the molecule is CCC(C#N)(CC)C(=O)Nc1ccccc1C#N. The van der Waals surface area contributed by atoms with Gasteiger partial charge in [-0.05, 0) is 25.0 Å². The van der Waals surface area contributed by atoms with Crippen LogP contribution >= 0.6 is 0 Å². The number of anilines is 1. The van der Waals surface area contributed by atoms with Crippen LogP contribution in [0.25, 0.3) is 0 Å². The van der Waals surface area contributed by atoms with Gasteiger partial charge in [0.05, 0.1) is 17.3 Å². The van der Waals surface area contributed by atoms with Crippen molar-refractivity contribution < 1.29 is 4.79 Å². The first-order valence-electron chi connectivity index (χ1n) is 5.85. The number of nitrogens with zero attached hydrogens (tertiary/aromatic N) is 2. The Bertz CT molecular complexity index is 519. The van der Waals surface area contributed by atoms with Gasteiger partial charge in [0.25, 0.3) is 0 Å². The van der Waals surface area contributed by atoms with Gasteiger partial charge in [0, 0.05) is 0 Å². The summed E-state index contributed by atoms with van der Waals surface area (Å²) in [5.74, 6) is -0.349. The standard InChI is InChI=1S/C14H15N3O/c1-3-14(4-2,10-16)13(18)17-12-8-6-5-7-11(12)9-15/h5-8H,3-4H2,1-2H3,(H,17,18). The smallest absolute Gasteiger partial charge is 0.244 e. The molecule has 4 nitrogen and oxygen atoms in total. The number of rotatable bonds is 4. The molecule has 92 valence electrons. The third-order valence-corrected chi connectivity index (χ3v) is 3.15. The van der Waals surface area contributed by atoms with Gasteiger partial charge < -0.3 is 5.32 Å². The largest absolute Gasteiger partial charge is 0.324 e. The van der Waals surface area contributed by atoms with E-state index in [9.17, 15) is 10.1 Å². The number of nitriles is 2. The Kier molecular flexibility index (Phi) is 4.45. The molecule has 1 aromatic carbocycles. The summed E-state index contributed by atoms with van der Waals surface area (Å²) in [6, 6.07) is 10.8. The zero-order valence-corrected chi connectivity index (χ0v) is 10.5. The fraction of sp³-hybridized carbons (Fsp3) is 0.357. The topological polar surface area (TPSA) is 76.7 Å². The Morgan fingerprint density at radius 2 is 1.89 bits per heavy atom. The maximum absolute atomic E-state index is 12.2. The Morgan fingerprint density at radius 1 is 1.28 bits per heavy atom. The van der Waals surface area contributed by atoms with Crippen molar-refractivity contribution in [1.29, 1.82) is 10.5 Å². The first-order valence-corrected chi connectivity index (χ1v) is 5.85. The Balaban J connectivity index is 3.02. The molecule has 0 unspecified atom stereocenters. The third-order valence-electron chi connectivity index (χ3n) is 3.15. The number of hydrogen-bond donors (Lipinski definition) is 1. The molecule has 1 rings (SSSR count). The summed E-state index contributed by atoms with van der Waals surface area (Å²) >= 11 is 0. The van der Waals surface area contributed by atoms with Crippen molar-refractivity contribution in [3.05, 3.63) is 29.8 Å². The van der Waals surface area contributed by atoms with Gasteiger partial charge in [-0.25, -0.2) is 0 Å². The molecular weight excluding hydrogens is 226 g/mol. The lowest BCUT2D eigenvalue weighted by Crippen LogP contribution is -2.34. The molecule has 0 aromatic heterocycles. The molecule has 1 aromatic rings. The summed E-state index contributed by atoms with van der Waals surface area (Å²) in [6.45, 7) is 3.62. The Morgan fingerprint density at radius 3 is 2.39 bits per heavy atom. The molecule has 0 saturated heterocycles. The second kappa shape index (κ2) is 5.84. The summed E-state index contributed by atoms with van der Waals surface area (Å²) in [5, 5.41) is 20.8. The molecule has 1 N–H and O–H groups in total. The van der Waals surface area contributed by atoms with E-state index in [-0.39, 0.29) is 5.91 Å². The van der Waals surface area contributed by atoms with Crippen molar-refractivity contribution in [2.75, 3.05) is 5.32 Å². The second-order valence-electron chi connectivity index (χ2n) is 4.01. The molecule has 0 fully saturated rings. The number of benzene rings is 1. The van der Waals surface area contributed by atoms with Crippen LogP contribution in [-0.2, 0) is 4.79 Å². The summed E-state index contributed by atoms with van der Waals surface area (Å²) in [6.07, 6.45) is 0.890. The predicted octanol–water partition coefficient (Wildman–Crippen LogP) is 2.83. The van der Waals surface area contributed by atoms with Gasteiger partial charge in [0.15, 0.2) is 0 Å². The molecule has 18 heavy (non-hydrogen) atoms. The first kappa shape index (κ1) is 13.7. The number of nitrogens with one attached hydrogen (secondary N) is 1. The van der Waals surface area contributed by atoms with Crippen LogP contribution in [0.5, 0.6) is 0 Å². The van der Waals surface area contributed by atoms with Crippen molar-refractivity contribution in [2.45, 2.75) is 26.7 Å². The maximum atomic E-state index is 12.2. The van der Waals surface area contributed by atoms with E-state index < -0.39 is 5.41 Å². The van der Waals surface area contributed by atoms with Crippen LogP contribution in [0.2, 0.25) is 0 Å². The normalized spacial score (nSPS) is 10.2. The highest BCUT2D eigenvalue weighted by Gasteiger charge is 2.35. The van der Waals surface area contributed by atoms with E-state index in [0.717, 1.165) is 0 Å². The summed E-state index contributed by atoms with van der Waals surface area (Å²) in [5.41, 5.74) is -0.181. The first-order chi connectivity index (χ1) is 8.63. The van der Waals surface area contributed by atoms with Crippen LogP contribution in [-0.4, -0.2) is 5.91 Å². The van der Waals surface area contributed by atoms with Crippen molar-refractivity contribution in [2.24, 2.45) is 5.41 Å². The molecule has 0 bridgehead atoms. The monoisotopic (exact) mass is 241 g/mol. The van der Waals surface area contributed by atoms with Gasteiger partial charge >= 0.3 is 0 Å². The van der Waals surface area contributed by atoms with E-state index in [0.29, 0.717) is 24.1 Å². The quantitative estimate of drug-likeness (QED) is 0.880. The summed E-state index contributed by atoms with van der Waals surface area (Å²) in [7, 11) is 0. The molecule has 0 radical (unpaired) electrons.